The summed E-state index contributed by atoms with van der Waals surface area (Å²) in [5.74, 6) is 1.15. The van der Waals surface area contributed by atoms with Gasteiger partial charge in [-0.05, 0) is 24.6 Å². The van der Waals surface area contributed by atoms with Gasteiger partial charge < -0.3 is 4.90 Å². The second-order valence-corrected chi connectivity index (χ2v) is 6.58. The van der Waals surface area contributed by atoms with E-state index in [1.54, 1.807) is 18.2 Å². The molecule has 2 saturated heterocycles. The van der Waals surface area contributed by atoms with Crippen molar-refractivity contribution >= 4 is 40.9 Å². The molecule has 2 nitrogen and oxygen atoms in total. The number of carbonyl (C=O) groups excluding carboxylic acids is 1. The summed E-state index contributed by atoms with van der Waals surface area (Å²) in [5, 5.41) is 1.56. The highest BCUT2D eigenvalue weighted by molar-refractivity contribution is 8.00. The molecule has 3 rings (SSSR count). The van der Waals surface area contributed by atoms with Gasteiger partial charge in [0.05, 0.1) is 10.0 Å². The minimum absolute atomic E-state index is 0.0800. The van der Waals surface area contributed by atoms with Crippen molar-refractivity contribution in [3.63, 3.8) is 0 Å². The van der Waals surface area contributed by atoms with Crippen LogP contribution >= 0.6 is 35.0 Å². The maximum Gasteiger partial charge on any atom is 0.254 e. The number of nitrogens with zero attached hydrogens (tertiary/aromatic N) is 1. The van der Waals surface area contributed by atoms with Gasteiger partial charge in [0.2, 0.25) is 0 Å². The first-order valence-corrected chi connectivity index (χ1v) is 7.33. The Hall–Kier alpha value is -0.380. The molecule has 1 aromatic carbocycles. The van der Waals surface area contributed by atoms with Gasteiger partial charge >= 0.3 is 0 Å². The Kier molecular flexibility index (Phi) is 3.01. The fraction of sp³-hybridized carbons (Fsp3) is 0.417. The molecule has 17 heavy (non-hydrogen) atoms. The lowest BCUT2D eigenvalue weighted by Gasteiger charge is -2.26. The number of fused-ring (bicyclic) bond motifs is 2. The van der Waals surface area contributed by atoms with Crippen molar-refractivity contribution in [1.29, 1.82) is 0 Å². The predicted molar refractivity (Wildman–Crippen MR) is 72.1 cm³/mol. The SMILES string of the molecule is O=C(c1ccc(Cl)c(Cl)c1)N1CC2CC1CS2. The van der Waals surface area contributed by atoms with E-state index in [1.165, 1.54) is 0 Å². The van der Waals surface area contributed by atoms with Gasteiger partial charge in [-0.25, -0.2) is 0 Å². The molecule has 2 heterocycles. The van der Waals surface area contributed by atoms with Crippen LogP contribution in [0.25, 0.3) is 0 Å². The molecule has 90 valence electrons. The number of benzene rings is 1. The highest BCUT2D eigenvalue weighted by atomic mass is 35.5. The van der Waals surface area contributed by atoms with Gasteiger partial charge in [0.1, 0.15) is 0 Å². The van der Waals surface area contributed by atoms with E-state index < -0.39 is 0 Å². The number of hydrogen-bond donors (Lipinski definition) is 0. The molecule has 0 saturated carbocycles. The van der Waals surface area contributed by atoms with Crippen molar-refractivity contribution in [1.82, 2.24) is 4.90 Å². The Morgan fingerprint density at radius 2 is 2.18 bits per heavy atom. The monoisotopic (exact) mass is 287 g/mol. The number of thioether (sulfide) groups is 1. The zero-order valence-corrected chi connectivity index (χ0v) is 11.4. The van der Waals surface area contributed by atoms with Gasteiger partial charge in [-0.1, -0.05) is 23.2 Å². The van der Waals surface area contributed by atoms with Crippen molar-refractivity contribution in [2.45, 2.75) is 17.7 Å². The van der Waals surface area contributed by atoms with Crippen LogP contribution < -0.4 is 0 Å². The van der Waals surface area contributed by atoms with E-state index in [4.69, 9.17) is 23.2 Å². The van der Waals surface area contributed by atoms with Gasteiger partial charge in [-0.15, -0.1) is 0 Å². The number of carbonyl (C=O) groups is 1. The zero-order chi connectivity index (χ0) is 12.0. The van der Waals surface area contributed by atoms with E-state index >= 15 is 0 Å². The Morgan fingerprint density at radius 3 is 2.76 bits per heavy atom. The first-order chi connectivity index (χ1) is 8.15. The Balaban J connectivity index is 1.84. The van der Waals surface area contributed by atoms with E-state index in [2.05, 4.69) is 0 Å². The van der Waals surface area contributed by atoms with Crippen LogP contribution in [0.4, 0.5) is 0 Å². The van der Waals surface area contributed by atoms with Crippen LogP contribution in [0, 0.1) is 0 Å². The van der Waals surface area contributed by atoms with Crippen LogP contribution in [-0.4, -0.2) is 34.4 Å². The molecule has 2 aliphatic rings. The maximum atomic E-state index is 12.3. The number of amides is 1. The van der Waals surface area contributed by atoms with Gasteiger partial charge in [0.15, 0.2) is 0 Å². The molecule has 5 heteroatoms. The normalized spacial score (nSPS) is 26.6. The number of hydrogen-bond acceptors (Lipinski definition) is 2. The second kappa shape index (κ2) is 4.38. The highest BCUT2D eigenvalue weighted by Crippen LogP contribution is 2.38. The average Bonchev–Trinajstić information content (AvgIpc) is 2.93. The number of likely N-dealkylation sites (tertiary alicyclic amines) is 1. The molecule has 2 aliphatic heterocycles. The first-order valence-electron chi connectivity index (χ1n) is 5.53. The molecule has 2 unspecified atom stereocenters. The molecule has 0 radical (unpaired) electrons. The summed E-state index contributed by atoms with van der Waals surface area (Å²) in [6.45, 7) is 0.869. The standard InChI is InChI=1S/C12H11Cl2NOS/c13-10-2-1-7(3-11(10)14)12(16)15-5-9-4-8(15)6-17-9/h1-3,8-9H,4-6H2. The molecule has 0 aliphatic carbocycles. The Bertz CT molecular complexity index is 480. The van der Waals surface area contributed by atoms with Crippen LogP contribution in [0.5, 0.6) is 0 Å². The smallest absolute Gasteiger partial charge is 0.254 e. The average molecular weight is 288 g/mol. The minimum Gasteiger partial charge on any atom is -0.334 e. The fourth-order valence-electron chi connectivity index (χ4n) is 2.44. The second-order valence-electron chi connectivity index (χ2n) is 4.43. The summed E-state index contributed by atoms with van der Waals surface area (Å²) in [5.41, 5.74) is 0.636. The van der Waals surface area contributed by atoms with Gasteiger partial charge in [0.25, 0.3) is 5.91 Å². The van der Waals surface area contributed by atoms with Crippen LogP contribution in [0.15, 0.2) is 18.2 Å². The molecule has 2 bridgehead atoms. The molecule has 2 atom stereocenters. The third-order valence-electron chi connectivity index (χ3n) is 3.33. The summed E-state index contributed by atoms with van der Waals surface area (Å²) < 4.78 is 0. The first kappa shape index (κ1) is 11.7. The summed E-state index contributed by atoms with van der Waals surface area (Å²) >= 11 is 13.8. The van der Waals surface area contributed by atoms with E-state index in [-0.39, 0.29) is 5.91 Å². The van der Waals surface area contributed by atoms with Gasteiger partial charge in [-0.3, -0.25) is 4.79 Å². The molecule has 1 aromatic rings. The summed E-state index contributed by atoms with van der Waals surface area (Å²) in [7, 11) is 0. The van der Waals surface area contributed by atoms with Crippen molar-refractivity contribution in [2.24, 2.45) is 0 Å². The van der Waals surface area contributed by atoms with Crippen LogP contribution in [0.2, 0.25) is 10.0 Å². The van der Waals surface area contributed by atoms with E-state index in [0.717, 1.165) is 18.7 Å². The molecule has 2 fully saturated rings. The van der Waals surface area contributed by atoms with Gasteiger partial charge in [-0.2, -0.15) is 11.8 Å². The van der Waals surface area contributed by atoms with E-state index in [0.29, 0.717) is 26.9 Å². The fourth-order valence-corrected chi connectivity index (χ4v) is 4.18. The maximum absolute atomic E-state index is 12.3. The minimum atomic E-state index is 0.0800. The van der Waals surface area contributed by atoms with Gasteiger partial charge in [0, 0.05) is 29.2 Å². The molecular weight excluding hydrogens is 277 g/mol. The lowest BCUT2D eigenvalue weighted by atomic mass is 10.2. The number of rotatable bonds is 1. The summed E-state index contributed by atoms with van der Waals surface area (Å²) in [4.78, 5) is 14.3. The van der Waals surface area contributed by atoms with Crippen molar-refractivity contribution in [2.75, 3.05) is 12.3 Å². The molecule has 0 N–H and O–H groups in total. The lowest BCUT2D eigenvalue weighted by molar-refractivity contribution is 0.0747. The predicted octanol–water partition coefficient (Wildman–Crippen LogP) is 3.32. The van der Waals surface area contributed by atoms with Crippen LogP contribution in [-0.2, 0) is 0 Å². The third kappa shape index (κ3) is 2.05. The molecule has 0 spiro atoms. The van der Waals surface area contributed by atoms with E-state index in [9.17, 15) is 4.79 Å². The number of halogens is 2. The zero-order valence-electron chi connectivity index (χ0n) is 9.03. The van der Waals surface area contributed by atoms with Crippen molar-refractivity contribution in [3.05, 3.63) is 33.8 Å². The van der Waals surface area contributed by atoms with E-state index in [1.807, 2.05) is 16.7 Å². The summed E-state index contributed by atoms with van der Waals surface area (Å²) in [6, 6.07) is 5.49. The molecule has 1 amide bonds. The molecular formula is C12H11Cl2NOS. The Labute approximate surface area is 114 Å². The van der Waals surface area contributed by atoms with Crippen molar-refractivity contribution in [3.8, 4) is 0 Å². The largest absolute Gasteiger partial charge is 0.334 e. The van der Waals surface area contributed by atoms with Crippen LogP contribution in [0.1, 0.15) is 16.8 Å². The van der Waals surface area contributed by atoms with Crippen molar-refractivity contribution < 1.29 is 4.79 Å². The lowest BCUT2D eigenvalue weighted by Crippen LogP contribution is -2.39. The highest BCUT2D eigenvalue weighted by Gasteiger charge is 2.41. The topological polar surface area (TPSA) is 20.3 Å². The van der Waals surface area contributed by atoms with Crippen LogP contribution in [0.3, 0.4) is 0 Å². The third-order valence-corrected chi connectivity index (χ3v) is 5.46. The Morgan fingerprint density at radius 1 is 1.35 bits per heavy atom. The molecule has 0 aromatic heterocycles. The quantitative estimate of drug-likeness (QED) is 0.790. The summed E-state index contributed by atoms with van der Waals surface area (Å²) in [6.07, 6.45) is 1.14.